The minimum absolute atomic E-state index is 0. The van der Waals surface area contributed by atoms with Crippen molar-refractivity contribution >= 4 is 24.2 Å². The molecule has 1 atom stereocenters. The number of rotatable bonds is 7. The van der Waals surface area contributed by atoms with E-state index >= 15 is 0 Å². The van der Waals surface area contributed by atoms with Crippen molar-refractivity contribution in [3.63, 3.8) is 0 Å². The highest BCUT2D eigenvalue weighted by Gasteiger charge is 2.42. The van der Waals surface area contributed by atoms with Crippen molar-refractivity contribution in [2.24, 2.45) is 5.73 Å². The van der Waals surface area contributed by atoms with Gasteiger partial charge in [0.25, 0.3) is 0 Å². The van der Waals surface area contributed by atoms with Crippen LogP contribution in [0.3, 0.4) is 0 Å². The lowest BCUT2D eigenvalue weighted by Gasteiger charge is -2.41. The predicted molar refractivity (Wildman–Crippen MR) is 136 cm³/mol. The SMILES string of the molecule is CC(C)(N)C(=O)N[C@H](COCc1c(F)cccc1F)C(=O)N1CCC2(CCc3ccccc32)CC1.Cl. The van der Waals surface area contributed by atoms with Crippen LogP contribution in [0.1, 0.15) is 49.8 Å². The van der Waals surface area contributed by atoms with Gasteiger partial charge in [0.15, 0.2) is 0 Å². The first kappa shape index (κ1) is 28.0. The number of ether oxygens (including phenoxy) is 1. The number of carbonyl (C=O) groups is 2. The summed E-state index contributed by atoms with van der Waals surface area (Å²) in [5.74, 6) is -2.23. The molecule has 1 spiro atoms. The molecule has 0 unspecified atom stereocenters. The van der Waals surface area contributed by atoms with Gasteiger partial charge >= 0.3 is 0 Å². The van der Waals surface area contributed by atoms with E-state index in [1.54, 1.807) is 18.7 Å². The smallest absolute Gasteiger partial charge is 0.247 e. The molecule has 1 aliphatic carbocycles. The molecule has 2 aromatic rings. The predicted octanol–water partition coefficient (Wildman–Crippen LogP) is 3.63. The molecule has 0 radical (unpaired) electrons. The van der Waals surface area contributed by atoms with E-state index in [9.17, 15) is 18.4 Å². The van der Waals surface area contributed by atoms with Gasteiger partial charge in [-0.3, -0.25) is 9.59 Å². The second-order valence-electron chi connectivity index (χ2n) is 10.2. The van der Waals surface area contributed by atoms with Crippen LogP contribution in [0.4, 0.5) is 8.78 Å². The van der Waals surface area contributed by atoms with E-state index in [0.29, 0.717) is 13.1 Å². The Morgan fingerprint density at radius 1 is 1.08 bits per heavy atom. The average Bonchev–Trinajstić information content (AvgIpc) is 3.17. The van der Waals surface area contributed by atoms with Crippen molar-refractivity contribution in [3.8, 4) is 0 Å². The number of nitrogens with two attached hydrogens (primary N) is 1. The quantitative estimate of drug-likeness (QED) is 0.583. The Morgan fingerprint density at radius 2 is 1.72 bits per heavy atom. The first-order chi connectivity index (χ1) is 16.6. The fraction of sp³-hybridized carbons (Fsp3) is 0.481. The van der Waals surface area contributed by atoms with Crippen LogP contribution in [0.15, 0.2) is 42.5 Å². The summed E-state index contributed by atoms with van der Waals surface area (Å²) in [6.45, 7) is 3.63. The van der Waals surface area contributed by atoms with E-state index in [1.165, 1.54) is 17.2 Å². The number of piperidine rings is 1. The molecule has 4 rings (SSSR count). The summed E-state index contributed by atoms with van der Waals surface area (Å²) in [5, 5.41) is 2.68. The fourth-order valence-corrected chi connectivity index (χ4v) is 5.13. The van der Waals surface area contributed by atoms with Gasteiger partial charge in [-0.2, -0.15) is 0 Å². The Labute approximate surface area is 217 Å². The van der Waals surface area contributed by atoms with Gasteiger partial charge in [0, 0.05) is 18.7 Å². The molecular weight excluding hydrogens is 488 g/mol. The Bertz CT molecular complexity index is 1080. The summed E-state index contributed by atoms with van der Waals surface area (Å²) >= 11 is 0. The second kappa shape index (κ2) is 11.2. The lowest BCUT2D eigenvalue weighted by atomic mass is 9.74. The molecule has 1 heterocycles. The summed E-state index contributed by atoms with van der Waals surface area (Å²) in [5.41, 5.74) is 7.35. The molecule has 2 aliphatic rings. The third kappa shape index (κ3) is 5.88. The lowest BCUT2D eigenvalue weighted by Crippen LogP contribution is -2.59. The van der Waals surface area contributed by atoms with Gasteiger partial charge in [0.05, 0.1) is 18.8 Å². The van der Waals surface area contributed by atoms with Crippen LogP contribution in [0, 0.1) is 11.6 Å². The van der Waals surface area contributed by atoms with E-state index < -0.39 is 29.1 Å². The van der Waals surface area contributed by atoms with E-state index in [1.807, 2.05) is 0 Å². The maximum Gasteiger partial charge on any atom is 0.247 e. The number of fused-ring (bicyclic) bond motifs is 2. The average molecular weight is 522 g/mol. The van der Waals surface area contributed by atoms with Crippen molar-refractivity contribution in [1.29, 1.82) is 0 Å². The van der Waals surface area contributed by atoms with Crippen LogP contribution in [-0.2, 0) is 32.8 Å². The number of hydrogen-bond donors (Lipinski definition) is 2. The number of amides is 2. The Morgan fingerprint density at radius 3 is 2.36 bits per heavy atom. The summed E-state index contributed by atoms with van der Waals surface area (Å²) in [6.07, 6.45) is 3.82. The van der Waals surface area contributed by atoms with Gasteiger partial charge in [0.2, 0.25) is 11.8 Å². The molecule has 0 aromatic heterocycles. The minimum atomic E-state index is -1.20. The number of carbonyl (C=O) groups excluding carboxylic acids is 2. The Hall–Kier alpha value is -2.55. The standard InChI is InChI=1S/C27H33F2N3O3.ClH/c1-26(2,30)25(34)31-23(17-35-16-19-21(28)8-5-9-22(19)29)24(33)32-14-12-27(13-15-32)11-10-18-6-3-4-7-20(18)27;/h3-9,23H,10-17,30H2,1-2H3,(H,31,34);1H/t23-;/m1./s1. The Balaban J connectivity index is 0.00000361. The maximum atomic E-state index is 14.0. The molecule has 0 saturated carbocycles. The highest BCUT2D eigenvalue weighted by atomic mass is 35.5. The van der Waals surface area contributed by atoms with Gasteiger partial charge in [-0.15, -0.1) is 12.4 Å². The molecule has 6 nitrogen and oxygen atoms in total. The number of aryl methyl sites for hydroxylation is 1. The van der Waals surface area contributed by atoms with Gasteiger partial charge in [0.1, 0.15) is 17.7 Å². The molecule has 2 amide bonds. The van der Waals surface area contributed by atoms with Crippen molar-refractivity contribution in [3.05, 3.63) is 70.8 Å². The van der Waals surface area contributed by atoms with E-state index in [0.717, 1.165) is 37.8 Å². The largest absolute Gasteiger partial charge is 0.374 e. The summed E-state index contributed by atoms with van der Waals surface area (Å²) in [7, 11) is 0. The topological polar surface area (TPSA) is 84.7 Å². The first-order valence-corrected chi connectivity index (χ1v) is 12.1. The number of halogens is 3. The van der Waals surface area contributed by atoms with Gasteiger partial charge in [-0.1, -0.05) is 30.3 Å². The van der Waals surface area contributed by atoms with Gasteiger partial charge < -0.3 is 20.7 Å². The second-order valence-corrected chi connectivity index (χ2v) is 10.2. The molecule has 1 saturated heterocycles. The number of hydrogen-bond acceptors (Lipinski definition) is 4. The number of likely N-dealkylation sites (tertiary alicyclic amines) is 1. The summed E-state index contributed by atoms with van der Waals surface area (Å²) < 4.78 is 33.4. The highest BCUT2D eigenvalue weighted by Crippen LogP contribution is 2.46. The van der Waals surface area contributed by atoms with E-state index in [2.05, 4.69) is 29.6 Å². The molecule has 9 heteroatoms. The Kier molecular flexibility index (Phi) is 8.75. The zero-order valence-electron chi connectivity index (χ0n) is 20.7. The van der Waals surface area contributed by atoms with Crippen LogP contribution in [0.2, 0.25) is 0 Å². The number of nitrogens with zero attached hydrogens (tertiary/aromatic N) is 1. The van der Waals surface area contributed by atoms with Crippen LogP contribution in [0.5, 0.6) is 0 Å². The van der Waals surface area contributed by atoms with Gasteiger partial charge in [-0.05, 0) is 68.2 Å². The molecule has 1 fully saturated rings. The zero-order chi connectivity index (χ0) is 25.2. The lowest BCUT2D eigenvalue weighted by molar-refractivity contribution is -0.140. The molecule has 196 valence electrons. The maximum absolute atomic E-state index is 14.0. The van der Waals surface area contributed by atoms with Crippen molar-refractivity contribution in [2.75, 3.05) is 19.7 Å². The van der Waals surface area contributed by atoms with Crippen molar-refractivity contribution in [1.82, 2.24) is 10.2 Å². The fourth-order valence-electron chi connectivity index (χ4n) is 5.13. The summed E-state index contributed by atoms with van der Waals surface area (Å²) in [4.78, 5) is 27.7. The number of nitrogens with one attached hydrogen (secondary N) is 1. The molecule has 36 heavy (non-hydrogen) atoms. The first-order valence-electron chi connectivity index (χ1n) is 12.1. The van der Waals surface area contributed by atoms with Crippen LogP contribution in [-0.4, -0.2) is 48.0 Å². The molecule has 0 bridgehead atoms. The van der Waals surface area contributed by atoms with Crippen LogP contribution < -0.4 is 11.1 Å². The van der Waals surface area contributed by atoms with Crippen molar-refractivity contribution in [2.45, 2.75) is 63.1 Å². The number of benzene rings is 2. The van der Waals surface area contributed by atoms with Crippen LogP contribution in [0.25, 0.3) is 0 Å². The molecule has 2 aromatic carbocycles. The highest BCUT2D eigenvalue weighted by molar-refractivity contribution is 5.91. The minimum Gasteiger partial charge on any atom is -0.374 e. The van der Waals surface area contributed by atoms with Gasteiger partial charge in [-0.25, -0.2) is 8.78 Å². The zero-order valence-corrected chi connectivity index (χ0v) is 21.5. The van der Waals surface area contributed by atoms with E-state index in [-0.39, 0.29) is 42.5 Å². The van der Waals surface area contributed by atoms with Crippen LogP contribution >= 0.6 is 12.4 Å². The van der Waals surface area contributed by atoms with E-state index in [4.69, 9.17) is 10.5 Å². The normalized spacial score (nSPS) is 17.3. The molecule has 1 aliphatic heterocycles. The summed E-state index contributed by atoms with van der Waals surface area (Å²) in [6, 6.07) is 11.1. The molecule has 3 N–H and O–H groups in total. The van der Waals surface area contributed by atoms with Crippen molar-refractivity contribution < 1.29 is 23.1 Å². The monoisotopic (exact) mass is 521 g/mol. The third-order valence-electron chi connectivity index (χ3n) is 7.28. The third-order valence-corrected chi connectivity index (χ3v) is 7.28. The molecular formula is C27H34ClF2N3O3.